The summed E-state index contributed by atoms with van der Waals surface area (Å²) in [6, 6.07) is 4.75. The predicted octanol–water partition coefficient (Wildman–Crippen LogP) is 2.91. The van der Waals surface area contributed by atoms with Crippen LogP contribution >= 0.6 is 35.0 Å². The summed E-state index contributed by atoms with van der Waals surface area (Å²) < 4.78 is 0. The first kappa shape index (κ1) is 17.4. The van der Waals surface area contributed by atoms with Crippen molar-refractivity contribution in [2.75, 3.05) is 18.6 Å². The fourth-order valence-electron chi connectivity index (χ4n) is 1.54. The first-order valence-corrected chi connectivity index (χ1v) is 8.16. The molecule has 0 aromatic heterocycles. The van der Waals surface area contributed by atoms with Gasteiger partial charge < -0.3 is 15.7 Å². The molecule has 0 fully saturated rings. The third-order valence-electron chi connectivity index (χ3n) is 2.54. The molecular weight excluding hydrogens is 319 g/mol. The number of nitrogens with one attached hydrogen (secondary N) is 2. The summed E-state index contributed by atoms with van der Waals surface area (Å²) >= 11 is 13.3. The Morgan fingerprint density at radius 1 is 1.40 bits per heavy atom. The smallest absolute Gasteiger partial charge is 0.315 e. The Morgan fingerprint density at radius 2 is 2.10 bits per heavy atom. The number of rotatable bonds is 6. The molecule has 112 valence electrons. The quantitative estimate of drug-likeness (QED) is 0.748. The van der Waals surface area contributed by atoms with Crippen molar-refractivity contribution in [1.29, 1.82) is 0 Å². The van der Waals surface area contributed by atoms with E-state index in [0.29, 0.717) is 22.3 Å². The topological polar surface area (TPSA) is 61.4 Å². The van der Waals surface area contributed by atoms with Gasteiger partial charge in [-0.3, -0.25) is 0 Å². The Balaban J connectivity index is 2.40. The molecule has 2 amide bonds. The van der Waals surface area contributed by atoms with Crippen LogP contribution in [-0.4, -0.2) is 35.3 Å². The summed E-state index contributed by atoms with van der Waals surface area (Å²) in [4.78, 5) is 11.6. The summed E-state index contributed by atoms with van der Waals surface area (Å²) in [5.41, 5.74) is -0.142. The van der Waals surface area contributed by atoms with Crippen molar-refractivity contribution in [2.24, 2.45) is 0 Å². The summed E-state index contributed by atoms with van der Waals surface area (Å²) in [7, 11) is 0. The maximum atomic E-state index is 11.6. The molecule has 0 aliphatic heterocycles. The zero-order valence-electron chi connectivity index (χ0n) is 11.4. The van der Waals surface area contributed by atoms with Gasteiger partial charge in [-0.05, 0) is 30.9 Å². The lowest BCUT2D eigenvalue weighted by atomic mass is 10.1. The molecule has 0 bridgehead atoms. The van der Waals surface area contributed by atoms with Crippen molar-refractivity contribution < 1.29 is 9.90 Å². The molecule has 0 spiro atoms. The molecule has 3 N–H and O–H groups in total. The first-order valence-electron chi connectivity index (χ1n) is 6.01. The van der Waals surface area contributed by atoms with Crippen molar-refractivity contribution in [1.82, 2.24) is 10.6 Å². The van der Waals surface area contributed by atoms with E-state index in [1.165, 1.54) is 11.8 Å². The van der Waals surface area contributed by atoms with Crippen LogP contribution in [0.5, 0.6) is 0 Å². The number of aliphatic hydroxyl groups is 1. The van der Waals surface area contributed by atoms with Crippen molar-refractivity contribution in [2.45, 2.75) is 19.1 Å². The van der Waals surface area contributed by atoms with Crippen LogP contribution in [0.15, 0.2) is 18.2 Å². The molecule has 20 heavy (non-hydrogen) atoms. The van der Waals surface area contributed by atoms with E-state index in [1.54, 1.807) is 25.1 Å². The molecule has 0 saturated heterocycles. The monoisotopic (exact) mass is 336 g/mol. The number of hydrogen-bond acceptors (Lipinski definition) is 3. The molecule has 0 radical (unpaired) electrons. The van der Waals surface area contributed by atoms with Gasteiger partial charge in [0.2, 0.25) is 0 Å². The molecule has 7 heteroatoms. The minimum absolute atomic E-state index is 0.189. The first-order chi connectivity index (χ1) is 9.34. The van der Waals surface area contributed by atoms with Crippen LogP contribution in [0.25, 0.3) is 0 Å². The van der Waals surface area contributed by atoms with Gasteiger partial charge in [0.05, 0.1) is 5.60 Å². The molecule has 1 aromatic rings. The number of benzene rings is 1. The number of carbonyl (C=O) groups excluding carboxylic acids is 1. The Kier molecular flexibility index (Phi) is 6.95. The van der Waals surface area contributed by atoms with E-state index in [-0.39, 0.29) is 12.6 Å². The molecular formula is C13H18Cl2N2O2S. The number of hydrogen-bond donors (Lipinski definition) is 3. The molecule has 0 saturated carbocycles. The van der Waals surface area contributed by atoms with Crippen molar-refractivity contribution in [3.05, 3.63) is 33.8 Å². The summed E-state index contributed by atoms with van der Waals surface area (Å²) in [5, 5.41) is 16.3. The van der Waals surface area contributed by atoms with Crippen molar-refractivity contribution >= 4 is 41.0 Å². The van der Waals surface area contributed by atoms with Crippen LogP contribution in [0.4, 0.5) is 4.79 Å². The van der Waals surface area contributed by atoms with Gasteiger partial charge in [0, 0.05) is 28.9 Å². The number of halogens is 2. The second kappa shape index (κ2) is 7.98. The Morgan fingerprint density at radius 3 is 2.70 bits per heavy atom. The van der Waals surface area contributed by atoms with E-state index in [2.05, 4.69) is 10.6 Å². The molecule has 1 unspecified atom stereocenters. The van der Waals surface area contributed by atoms with Gasteiger partial charge in [0.25, 0.3) is 0 Å². The third-order valence-corrected chi connectivity index (χ3v) is 4.04. The van der Waals surface area contributed by atoms with E-state index in [9.17, 15) is 9.90 Å². The summed E-state index contributed by atoms with van der Waals surface area (Å²) in [6.07, 6.45) is 1.90. The summed E-state index contributed by atoms with van der Waals surface area (Å²) in [6.45, 7) is 2.17. The molecule has 1 rings (SSSR count). The highest BCUT2D eigenvalue weighted by molar-refractivity contribution is 7.98. The lowest BCUT2D eigenvalue weighted by Gasteiger charge is -2.22. The second-order valence-electron chi connectivity index (χ2n) is 4.70. The van der Waals surface area contributed by atoms with Gasteiger partial charge in [0.15, 0.2) is 0 Å². The number of urea groups is 1. The molecule has 1 atom stereocenters. The van der Waals surface area contributed by atoms with Crippen LogP contribution in [0.1, 0.15) is 12.5 Å². The van der Waals surface area contributed by atoms with Crippen LogP contribution < -0.4 is 10.6 Å². The highest BCUT2D eigenvalue weighted by atomic mass is 35.5. The molecule has 0 aliphatic rings. The van der Waals surface area contributed by atoms with Crippen LogP contribution in [0, 0.1) is 0 Å². The Labute approximate surface area is 133 Å². The van der Waals surface area contributed by atoms with Gasteiger partial charge in [0.1, 0.15) is 0 Å². The third kappa shape index (κ3) is 6.22. The normalized spacial score (nSPS) is 13.7. The largest absolute Gasteiger partial charge is 0.387 e. The van der Waals surface area contributed by atoms with Gasteiger partial charge in [-0.1, -0.05) is 29.3 Å². The second-order valence-corrected chi connectivity index (χ2v) is 6.41. The van der Waals surface area contributed by atoms with E-state index in [0.717, 1.165) is 5.56 Å². The van der Waals surface area contributed by atoms with Crippen LogP contribution in [0.3, 0.4) is 0 Å². The van der Waals surface area contributed by atoms with Crippen molar-refractivity contribution in [3.63, 3.8) is 0 Å². The van der Waals surface area contributed by atoms with Gasteiger partial charge in [-0.15, -0.1) is 0 Å². The van der Waals surface area contributed by atoms with E-state index < -0.39 is 5.60 Å². The van der Waals surface area contributed by atoms with Gasteiger partial charge in [-0.25, -0.2) is 4.79 Å². The van der Waals surface area contributed by atoms with Gasteiger partial charge >= 0.3 is 6.03 Å². The zero-order chi connectivity index (χ0) is 15.2. The standard InChI is InChI=1S/C13H18Cl2N2O2S/c1-13(19,8-20-2)7-17-12(18)16-6-9-3-4-10(14)5-11(9)15/h3-5,19H,6-8H2,1-2H3,(H2,16,17,18). The Hall–Kier alpha value is -0.620. The fraction of sp³-hybridized carbons (Fsp3) is 0.462. The lowest BCUT2D eigenvalue weighted by Crippen LogP contribution is -2.45. The van der Waals surface area contributed by atoms with E-state index in [1.807, 2.05) is 6.26 Å². The highest BCUT2D eigenvalue weighted by Crippen LogP contribution is 2.20. The molecule has 4 nitrogen and oxygen atoms in total. The predicted molar refractivity (Wildman–Crippen MR) is 85.7 cm³/mol. The van der Waals surface area contributed by atoms with Crippen LogP contribution in [-0.2, 0) is 6.54 Å². The minimum Gasteiger partial charge on any atom is -0.387 e. The van der Waals surface area contributed by atoms with E-state index in [4.69, 9.17) is 23.2 Å². The molecule has 0 aliphatic carbocycles. The van der Waals surface area contributed by atoms with Crippen LogP contribution in [0.2, 0.25) is 10.0 Å². The molecule has 1 aromatic carbocycles. The van der Waals surface area contributed by atoms with Crippen molar-refractivity contribution in [3.8, 4) is 0 Å². The van der Waals surface area contributed by atoms with Gasteiger partial charge in [-0.2, -0.15) is 11.8 Å². The maximum absolute atomic E-state index is 11.6. The average molecular weight is 337 g/mol. The lowest BCUT2D eigenvalue weighted by molar-refractivity contribution is 0.0869. The number of thioether (sulfide) groups is 1. The number of carbonyl (C=O) groups is 1. The zero-order valence-corrected chi connectivity index (χ0v) is 13.7. The minimum atomic E-state index is -0.922. The highest BCUT2D eigenvalue weighted by Gasteiger charge is 2.20. The average Bonchev–Trinajstić information content (AvgIpc) is 2.35. The summed E-state index contributed by atoms with van der Waals surface area (Å²) in [5.74, 6) is 0.552. The Bertz CT molecular complexity index is 470. The van der Waals surface area contributed by atoms with E-state index >= 15 is 0 Å². The molecule has 0 heterocycles. The maximum Gasteiger partial charge on any atom is 0.315 e. The SMILES string of the molecule is CSCC(C)(O)CNC(=O)NCc1ccc(Cl)cc1Cl. The number of amides is 2. The fourth-order valence-corrected chi connectivity index (χ4v) is 2.73.